The zero-order valence-corrected chi connectivity index (χ0v) is 20.0. The van der Waals surface area contributed by atoms with E-state index in [9.17, 15) is 33.4 Å². The van der Waals surface area contributed by atoms with Crippen molar-refractivity contribution in [2.24, 2.45) is 0 Å². The maximum atomic E-state index is 13.4. The van der Waals surface area contributed by atoms with Crippen molar-refractivity contribution in [2.75, 3.05) is 19.7 Å². The summed E-state index contributed by atoms with van der Waals surface area (Å²) >= 11 is 0. The van der Waals surface area contributed by atoms with Gasteiger partial charge >= 0.3 is 0 Å². The summed E-state index contributed by atoms with van der Waals surface area (Å²) in [5.41, 5.74) is -1.56. The Hall–Kier alpha value is -3.36. The number of amides is 1. The van der Waals surface area contributed by atoms with Crippen LogP contribution in [0.4, 0.5) is 11.4 Å². The van der Waals surface area contributed by atoms with Crippen LogP contribution in [0.2, 0.25) is 0 Å². The molecule has 0 radical (unpaired) electrons. The van der Waals surface area contributed by atoms with Gasteiger partial charge in [-0.1, -0.05) is 0 Å². The zero-order chi connectivity index (χ0) is 25.8. The van der Waals surface area contributed by atoms with E-state index in [-0.39, 0.29) is 19.2 Å². The van der Waals surface area contributed by atoms with E-state index in [2.05, 4.69) is 0 Å². The molecular formula is C21H26N4O9S. The normalized spacial score (nSPS) is 16.1. The van der Waals surface area contributed by atoms with Gasteiger partial charge in [-0.05, 0) is 44.9 Å². The molecule has 0 N–H and O–H groups in total. The van der Waals surface area contributed by atoms with Gasteiger partial charge in [-0.3, -0.25) is 25.0 Å². The van der Waals surface area contributed by atoms with Crippen molar-refractivity contribution < 1.29 is 32.2 Å². The first-order valence-electron chi connectivity index (χ1n) is 10.9. The molecule has 3 rings (SSSR count). The molecule has 0 aliphatic carbocycles. The number of benzene rings is 1. The van der Waals surface area contributed by atoms with Gasteiger partial charge < -0.3 is 14.1 Å². The summed E-state index contributed by atoms with van der Waals surface area (Å²) in [7, 11) is -4.57. The van der Waals surface area contributed by atoms with Crippen LogP contribution in [0.1, 0.15) is 32.4 Å². The molecule has 2 aromatic rings. The fourth-order valence-electron chi connectivity index (χ4n) is 3.76. The summed E-state index contributed by atoms with van der Waals surface area (Å²) in [5, 5.41) is 22.6. The average molecular weight is 511 g/mol. The van der Waals surface area contributed by atoms with Crippen molar-refractivity contribution in [1.29, 1.82) is 0 Å². The summed E-state index contributed by atoms with van der Waals surface area (Å²) in [6, 6.07) is 4.90. The van der Waals surface area contributed by atoms with Gasteiger partial charge in [0.25, 0.3) is 21.4 Å². The van der Waals surface area contributed by atoms with Gasteiger partial charge in [-0.2, -0.15) is 4.31 Å². The van der Waals surface area contributed by atoms with Crippen LogP contribution in [0.25, 0.3) is 0 Å². The highest BCUT2D eigenvalue weighted by molar-refractivity contribution is 7.89. The van der Waals surface area contributed by atoms with E-state index in [1.165, 1.54) is 25.0 Å². The Bertz CT molecular complexity index is 1180. The average Bonchev–Trinajstić information content (AvgIpc) is 3.50. The highest BCUT2D eigenvalue weighted by Crippen LogP contribution is 2.31. The van der Waals surface area contributed by atoms with E-state index in [4.69, 9.17) is 9.15 Å². The molecule has 35 heavy (non-hydrogen) atoms. The van der Waals surface area contributed by atoms with Crippen LogP contribution in [0.5, 0.6) is 0 Å². The third-order valence-corrected chi connectivity index (χ3v) is 7.60. The lowest BCUT2D eigenvalue weighted by molar-refractivity contribution is -0.396. The molecule has 0 spiro atoms. The second kappa shape index (κ2) is 10.9. The highest BCUT2D eigenvalue weighted by atomic mass is 32.2. The Kier molecular flexibility index (Phi) is 8.19. The molecule has 1 aliphatic rings. The quantitative estimate of drug-likeness (QED) is 0.326. The second-order valence-corrected chi connectivity index (χ2v) is 10.2. The molecule has 0 bridgehead atoms. The van der Waals surface area contributed by atoms with Gasteiger partial charge in [0.15, 0.2) is 4.90 Å². The Morgan fingerprint density at radius 2 is 1.94 bits per heavy atom. The highest BCUT2D eigenvalue weighted by Gasteiger charge is 2.37. The van der Waals surface area contributed by atoms with Crippen molar-refractivity contribution >= 4 is 27.3 Å². The largest absolute Gasteiger partial charge is 0.467 e. The Labute approximate surface area is 201 Å². The lowest BCUT2D eigenvalue weighted by Gasteiger charge is -2.30. The SMILES string of the molecule is CC(C)N(CC(=O)N(Cc1ccco1)CC1CCCO1)S(=O)(=O)c1ccc([N+](=O)[O-])cc1[N+](=O)[O-]. The molecular weight excluding hydrogens is 484 g/mol. The molecule has 14 heteroatoms. The first kappa shape index (κ1) is 26.2. The van der Waals surface area contributed by atoms with Gasteiger partial charge in [0.2, 0.25) is 5.91 Å². The van der Waals surface area contributed by atoms with E-state index in [0.717, 1.165) is 29.3 Å². The first-order valence-corrected chi connectivity index (χ1v) is 12.3. The van der Waals surface area contributed by atoms with Crippen molar-refractivity contribution in [3.63, 3.8) is 0 Å². The summed E-state index contributed by atoms with van der Waals surface area (Å²) in [4.78, 5) is 34.7. The maximum Gasteiger partial charge on any atom is 0.296 e. The molecule has 1 amide bonds. The molecule has 2 heterocycles. The van der Waals surface area contributed by atoms with Crippen LogP contribution in [0.15, 0.2) is 45.9 Å². The fraction of sp³-hybridized carbons (Fsp3) is 0.476. The van der Waals surface area contributed by atoms with Crippen LogP contribution < -0.4 is 0 Å². The third-order valence-electron chi connectivity index (χ3n) is 5.53. The number of carbonyl (C=O) groups excluding carboxylic acids is 1. The van der Waals surface area contributed by atoms with Crippen molar-refractivity contribution in [3.05, 3.63) is 62.6 Å². The summed E-state index contributed by atoms with van der Waals surface area (Å²) in [6.07, 6.45) is 2.86. The van der Waals surface area contributed by atoms with E-state index in [1.54, 1.807) is 12.1 Å². The molecule has 1 saturated heterocycles. The lowest BCUT2D eigenvalue weighted by Crippen LogP contribution is -2.47. The molecule has 190 valence electrons. The van der Waals surface area contributed by atoms with Gasteiger partial charge in [0.05, 0.1) is 41.4 Å². The lowest BCUT2D eigenvalue weighted by atomic mass is 10.2. The number of hydrogen-bond acceptors (Lipinski definition) is 9. The fourth-order valence-corrected chi connectivity index (χ4v) is 5.49. The Morgan fingerprint density at radius 1 is 1.20 bits per heavy atom. The van der Waals surface area contributed by atoms with Gasteiger partial charge in [0.1, 0.15) is 5.76 Å². The number of non-ortho nitro benzene ring substituents is 1. The van der Waals surface area contributed by atoms with Crippen molar-refractivity contribution in [2.45, 2.75) is 50.3 Å². The number of hydrogen-bond donors (Lipinski definition) is 0. The zero-order valence-electron chi connectivity index (χ0n) is 19.2. The van der Waals surface area contributed by atoms with Crippen LogP contribution in [0, 0.1) is 20.2 Å². The van der Waals surface area contributed by atoms with Crippen LogP contribution >= 0.6 is 0 Å². The van der Waals surface area contributed by atoms with Crippen LogP contribution in [-0.4, -0.2) is 65.2 Å². The van der Waals surface area contributed by atoms with E-state index in [1.807, 2.05) is 0 Å². The number of carbonyl (C=O) groups is 1. The molecule has 1 aromatic heterocycles. The monoisotopic (exact) mass is 510 g/mol. The van der Waals surface area contributed by atoms with Gasteiger partial charge in [-0.25, -0.2) is 8.42 Å². The number of rotatable bonds is 11. The first-order chi connectivity index (χ1) is 16.5. The van der Waals surface area contributed by atoms with Crippen LogP contribution in [-0.2, 0) is 26.1 Å². The summed E-state index contributed by atoms with van der Waals surface area (Å²) < 4.78 is 38.7. The third kappa shape index (κ3) is 6.21. The molecule has 1 unspecified atom stereocenters. The molecule has 13 nitrogen and oxygen atoms in total. The number of nitrogens with zero attached hydrogens (tertiary/aromatic N) is 4. The van der Waals surface area contributed by atoms with Gasteiger partial charge in [-0.15, -0.1) is 0 Å². The molecule has 1 atom stereocenters. The van der Waals surface area contributed by atoms with Crippen molar-refractivity contribution in [1.82, 2.24) is 9.21 Å². The molecule has 1 aromatic carbocycles. The predicted octanol–water partition coefficient (Wildman–Crippen LogP) is 2.70. The molecule has 1 fully saturated rings. The molecule has 0 saturated carbocycles. The Balaban J connectivity index is 1.91. The van der Waals surface area contributed by atoms with Crippen molar-refractivity contribution in [3.8, 4) is 0 Å². The van der Waals surface area contributed by atoms with E-state index in [0.29, 0.717) is 18.4 Å². The number of nitro benzene ring substituents is 2. The topological polar surface area (TPSA) is 166 Å². The standard InChI is InChI=1S/C21H26N4O9S/c1-15(2)23(35(31,32)20-8-7-16(24(27)28)11-19(20)25(29)30)14-21(26)22(12-17-5-3-9-33-17)13-18-6-4-10-34-18/h3,5,7-9,11,15,18H,4,6,10,12-14H2,1-2H3. The van der Waals surface area contributed by atoms with E-state index >= 15 is 0 Å². The predicted molar refractivity (Wildman–Crippen MR) is 122 cm³/mol. The number of ether oxygens (including phenoxy) is 1. The van der Waals surface area contributed by atoms with E-state index < -0.39 is 54.6 Å². The van der Waals surface area contributed by atoms with Gasteiger partial charge in [0, 0.05) is 25.3 Å². The minimum absolute atomic E-state index is 0.0926. The number of sulfonamides is 1. The minimum Gasteiger partial charge on any atom is -0.467 e. The minimum atomic E-state index is -4.57. The summed E-state index contributed by atoms with van der Waals surface area (Å²) in [5.74, 6) is -0.0416. The number of nitro groups is 2. The second-order valence-electron chi connectivity index (χ2n) is 8.30. The smallest absolute Gasteiger partial charge is 0.296 e. The molecule has 1 aliphatic heterocycles. The summed E-state index contributed by atoms with van der Waals surface area (Å²) in [6.45, 7) is 3.35. The number of furan rings is 1. The maximum absolute atomic E-state index is 13.4. The Morgan fingerprint density at radius 3 is 2.49 bits per heavy atom. The van der Waals surface area contributed by atoms with Crippen LogP contribution in [0.3, 0.4) is 0 Å².